The van der Waals surface area contributed by atoms with E-state index >= 15 is 0 Å². The maximum Gasteiger partial charge on any atom is 0.142 e. The van der Waals surface area contributed by atoms with Crippen LogP contribution in [-0.4, -0.2) is 0 Å². The Morgan fingerprint density at radius 2 is 1.41 bits per heavy atom. The van der Waals surface area contributed by atoms with Gasteiger partial charge in [0.25, 0.3) is 0 Å². The summed E-state index contributed by atoms with van der Waals surface area (Å²) in [7, 11) is 0. The van der Waals surface area contributed by atoms with E-state index in [1.807, 2.05) is 6.92 Å². The second-order valence-corrected chi connectivity index (χ2v) is 6.69. The summed E-state index contributed by atoms with van der Waals surface area (Å²) < 4.78 is 41.4. The summed E-state index contributed by atoms with van der Waals surface area (Å²) in [6, 6.07) is 13.3. The Hall–Kier alpha value is -3.10. The van der Waals surface area contributed by atoms with Crippen molar-refractivity contribution in [3.8, 4) is 11.8 Å². The molecule has 0 unspecified atom stereocenters. The topological polar surface area (TPSA) is 24.7 Å². The zero-order chi connectivity index (χ0) is 20.8. The number of nitrogens with zero attached hydrogens (tertiary/aromatic N) is 2. The molecule has 0 radical (unpaired) electrons. The van der Waals surface area contributed by atoms with Crippen LogP contribution in [0.1, 0.15) is 30.0 Å². The molecule has 0 amide bonds. The van der Waals surface area contributed by atoms with Gasteiger partial charge in [-0.15, -0.1) is 0 Å². The second-order valence-electron chi connectivity index (χ2n) is 6.28. The number of rotatable bonds is 4. The third-order valence-electron chi connectivity index (χ3n) is 4.02. The largest absolute Gasteiger partial charge is 0.206 e. The standard InChI is InChI=1S/C23H16ClF3N2/c1-2-3-16-12-22(26)19(23(27)13-16)10-6-15-4-7-17(8-5-15)28-29-18-9-11-21(25)20(24)14-18/h4-5,7-9,11-14H,2-3H2,1H3. The molecule has 0 N–H and O–H groups in total. The van der Waals surface area contributed by atoms with Gasteiger partial charge in [0.2, 0.25) is 0 Å². The highest BCUT2D eigenvalue weighted by molar-refractivity contribution is 6.30. The van der Waals surface area contributed by atoms with Gasteiger partial charge in [-0.3, -0.25) is 0 Å². The molecule has 0 aliphatic heterocycles. The molecule has 0 aromatic heterocycles. The van der Waals surface area contributed by atoms with Gasteiger partial charge in [0.1, 0.15) is 17.5 Å². The zero-order valence-electron chi connectivity index (χ0n) is 15.5. The quantitative estimate of drug-likeness (QED) is 0.312. The van der Waals surface area contributed by atoms with Gasteiger partial charge in [-0.2, -0.15) is 10.2 Å². The summed E-state index contributed by atoms with van der Waals surface area (Å²) >= 11 is 5.70. The number of halogens is 4. The van der Waals surface area contributed by atoms with E-state index in [4.69, 9.17) is 11.6 Å². The molecule has 0 bridgehead atoms. The van der Waals surface area contributed by atoms with Crippen LogP contribution in [0.15, 0.2) is 64.8 Å². The minimum Gasteiger partial charge on any atom is -0.206 e. The highest BCUT2D eigenvalue weighted by Gasteiger charge is 2.08. The van der Waals surface area contributed by atoms with Crippen molar-refractivity contribution in [2.45, 2.75) is 19.8 Å². The Morgan fingerprint density at radius 1 is 0.793 bits per heavy atom. The molecule has 0 aliphatic rings. The fourth-order valence-corrected chi connectivity index (χ4v) is 2.76. The van der Waals surface area contributed by atoms with E-state index in [9.17, 15) is 13.2 Å². The average Bonchev–Trinajstić information content (AvgIpc) is 2.69. The molecule has 0 saturated heterocycles. The van der Waals surface area contributed by atoms with Crippen LogP contribution < -0.4 is 0 Å². The van der Waals surface area contributed by atoms with Gasteiger partial charge >= 0.3 is 0 Å². The van der Waals surface area contributed by atoms with Crippen molar-refractivity contribution >= 4 is 23.0 Å². The fraction of sp³-hybridized carbons (Fsp3) is 0.130. The first kappa shape index (κ1) is 20.6. The molecule has 0 fully saturated rings. The van der Waals surface area contributed by atoms with Gasteiger partial charge in [0, 0.05) is 5.56 Å². The van der Waals surface area contributed by atoms with Crippen LogP contribution in [0, 0.1) is 29.3 Å². The average molecular weight is 413 g/mol. The minimum atomic E-state index is -0.663. The van der Waals surface area contributed by atoms with Crippen LogP contribution in [0.3, 0.4) is 0 Å². The van der Waals surface area contributed by atoms with Gasteiger partial charge in [0.15, 0.2) is 0 Å². The van der Waals surface area contributed by atoms with Crippen LogP contribution in [-0.2, 0) is 6.42 Å². The van der Waals surface area contributed by atoms with Crippen molar-refractivity contribution in [1.82, 2.24) is 0 Å². The summed E-state index contributed by atoms with van der Waals surface area (Å²) in [6.07, 6.45) is 1.42. The monoisotopic (exact) mass is 412 g/mol. The van der Waals surface area contributed by atoms with Crippen molar-refractivity contribution in [3.63, 3.8) is 0 Å². The number of hydrogen-bond acceptors (Lipinski definition) is 2. The molecule has 29 heavy (non-hydrogen) atoms. The first-order chi connectivity index (χ1) is 14.0. The lowest BCUT2D eigenvalue weighted by molar-refractivity contribution is 0.573. The summed E-state index contributed by atoms with van der Waals surface area (Å²) in [5, 5.41) is 7.99. The van der Waals surface area contributed by atoms with Crippen LogP contribution in [0.4, 0.5) is 24.5 Å². The van der Waals surface area contributed by atoms with Crippen LogP contribution in [0.25, 0.3) is 0 Å². The first-order valence-corrected chi connectivity index (χ1v) is 9.31. The van der Waals surface area contributed by atoms with Gasteiger partial charge < -0.3 is 0 Å². The second kappa shape index (κ2) is 9.40. The van der Waals surface area contributed by atoms with Gasteiger partial charge in [0.05, 0.1) is 22.0 Å². The lowest BCUT2D eigenvalue weighted by Gasteiger charge is -2.02. The predicted octanol–water partition coefficient (Wildman–Crippen LogP) is 7.53. The highest BCUT2D eigenvalue weighted by Crippen LogP contribution is 2.24. The van der Waals surface area contributed by atoms with Crippen molar-refractivity contribution in [2.75, 3.05) is 0 Å². The van der Waals surface area contributed by atoms with E-state index < -0.39 is 17.5 Å². The van der Waals surface area contributed by atoms with E-state index in [2.05, 4.69) is 22.1 Å². The van der Waals surface area contributed by atoms with Crippen LogP contribution in [0.2, 0.25) is 5.02 Å². The molecule has 3 rings (SSSR count). The Kier molecular flexibility index (Phi) is 6.69. The number of aryl methyl sites for hydroxylation is 1. The normalized spacial score (nSPS) is 10.8. The van der Waals surface area contributed by atoms with E-state index in [1.165, 1.54) is 30.3 Å². The zero-order valence-corrected chi connectivity index (χ0v) is 16.3. The summed E-state index contributed by atoms with van der Waals surface area (Å²) in [4.78, 5) is 0. The van der Waals surface area contributed by atoms with Crippen LogP contribution >= 0.6 is 11.6 Å². The summed E-state index contributed by atoms with van der Waals surface area (Å²) in [5.41, 5.74) is 1.90. The van der Waals surface area contributed by atoms with Crippen molar-refractivity contribution < 1.29 is 13.2 Å². The summed E-state index contributed by atoms with van der Waals surface area (Å²) in [6.45, 7) is 1.95. The molecule has 3 aromatic carbocycles. The summed E-state index contributed by atoms with van der Waals surface area (Å²) in [5.74, 6) is 3.45. The molecule has 0 saturated carbocycles. The molecule has 2 nitrogen and oxygen atoms in total. The van der Waals surface area contributed by atoms with Gasteiger partial charge in [-0.05, 0) is 66.6 Å². The van der Waals surface area contributed by atoms with E-state index in [0.717, 1.165) is 6.42 Å². The molecule has 0 spiro atoms. The SMILES string of the molecule is CCCc1cc(F)c(C#Cc2ccc(N=Nc3ccc(F)c(Cl)c3)cc2)c(F)c1. The molecule has 6 heteroatoms. The Labute approximate surface area is 172 Å². The number of benzene rings is 3. The van der Waals surface area contributed by atoms with Crippen molar-refractivity contribution in [2.24, 2.45) is 10.2 Å². The lowest BCUT2D eigenvalue weighted by Crippen LogP contribution is -1.94. The first-order valence-electron chi connectivity index (χ1n) is 8.93. The van der Waals surface area contributed by atoms with Crippen molar-refractivity contribution in [3.05, 3.63) is 93.8 Å². The molecular weight excluding hydrogens is 397 g/mol. The van der Waals surface area contributed by atoms with Crippen LogP contribution in [0.5, 0.6) is 0 Å². The minimum absolute atomic E-state index is 0.0331. The van der Waals surface area contributed by atoms with E-state index in [-0.39, 0.29) is 10.6 Å². The molecule has 0 heterocycles. The van der Waals surface area contributed by atoms with E-state index in [0.29, 0.717) is 28.9 Å². The lowest BCUT2D eigenvalue weighted by atomic mass is 10.1. The Bertz CT molecular complexity index is 1090. The van der Waals surface area contributed by atoms with Crippen molar-refractivity contribution in [1.29, 1.82) is 0 Å². The predicted molar refractivity (Wildman–Crippen MR) is 108 cm³/mol. The number of azo groups is 1. The molecule has 3 aromatic rings. The highest BCUT2D eigenvalue weighted by atomic mass is 35.5. The molecule has 146 valence electrons. The Balaban J connectivity index is 1.75. The smallest absolute Gasteiger partial charge is 0.142 e. The maximum atomic E-state index is 14.1. The van der Waals surface area contributed by atoms with E-state index in [1.54, 1.807) is 24.3 Å². The third kappa shape index (κ3) is 5.46. The third-order valence-corrected chi connectivity index (χ3v) is 4.31. The van der Waals surface area contributed by atoms with Gasteiger partial charge in [-0.1, -0.05) is 36.8 Å². The number of hydrogen-bond donors (Lipinski definition) is 0. The maximum absolute atomic E-state index is 14.1. The van der Waals surface area contributed by atoms with Gasteiger partial charge in [-0.25, -0.2) is 13.2 Å². The Morgan fingerprint density at radius 3 is 2.03 bits per heavy atom. The molecule has 0 aliphatic carbocycles. The molecular formula is C23H16ClF3N2. The fourth-order valence-electron chi connectivity index (χ4n) is 2.59. The molecule has 0 atom stereocenters.